The van der Waals surface area contributed by atoms with Gasteiger partial charge in [0, 0.05) is 19.6 Å². The third-order valence-electron chi connectivity index (χ3n) is 2.99. The Balaban J connectivity index is 2.27. The number of nitrogens with one attached hydrogen (secondary N) is 1. The van der Waals surface area contributed by atoms with E-state index in [0.717, 1.165) is 41.6 Å². The molecule has 0 saturated carbocycles. The summed E-state index contributed by atoms with van der Waals surface area (Å²) < 4.78 is 0.972. The van der Waals surface area contributed by atoms with E-state index in [1.165, 1.54) is 19.3 Å². The standard InChI is InChI=1S/C12H19BrN4/c1-3-14-11-10(13)9(2)15-12(16-11)17-7-5-4-6-8-17/h3-8H2,1-2H3,(H,14,15,16). The SMILES string of the molecule is CCNc1nc(N2CCCCC2)nc(C)c1Br. The highest BCUT2D eigenvalue weighted by Crippen LogP contribution is 2.26. The van der Waals surface area contributed by atoms with Gasteiger partial charge in [0.15, 0.2) is 0 Å². The topological polar surface area (TPSA) is 41.1 Å². The Kier molecular flexibility index (Phi) is 4.20. The van der Waals surface area contributed by atoms with E-state index in [-0.39, 0.29) is 0 Å². The van der Waals surface area contributed by atoms with E-state index in [1.807, 2.05) is 6.92 Å². The van der Waals surface area contributed by atoms with Crippen LogP contribution in [0.2, 0.25) is 0 Å². The van der Waals surface area contributed by atoms with Crippen LogP contribution in [-0.4, -0.2) is 29.6 Å². The van der Waals surface area contributed by atoms with Crippen molar-refractivity contribution in [2.24, 2.45) is 0 Å². The van der Waals surface area contributed by atoms with Crippen molar-refractivity contribution < 1.29 is 0 Å². The summed E-state index contributed by atoms with van der Waals surface area (Å²) in [5.41, 5.74) is 0.997. The maximum Gasteiger partial charge on any atom is 0.227 e. The summed E-state index contributed by atoms with van der Waals surface area (Å²) in [5.74, 6) is 1.77. The normalized spacial score (nSPS) is 16.1. The lowest BCUT2D eigenvalue weighted by atomic mass is 10.1. The van der Waals surface area contributed by atoms with Gasteiger partial charge in [-0.15, -0.1) is 0 Å². The van der Waals surface area contributed by atoms with Crippen molar-refractivity contribution in [2.75, 3.05) is 29.9 Å². The lowest BCUT2D eigenvalue weighted by molar-refractivity contribution is 0.567. The van der Waals surface area contributed by atoms with Gasteiger partial charge in [0.05, 0.1) is 10.2 Å². The van der Waals surface area contributed by atoms with E-state index in [9.17, 15) is 0 Å². The molecular weight excluding hydrogens is 280 g/mol. The Bertz CT molecular complexity index is 388. The molecule has 4 nitrogen and oxygen atoms in total. The van der Waals surface area contributed by atoms with Gasteiger partial charge >= 0.3 is 0 Å². The first-order valence-electron chi connectivity index (χ1n) is 6.25. The molecule has 0 spiro atoms. The molecule has 1 saturated heterocycles. The van der Waals surface area contributed by atoms with Crippen LogP contribution in [-0.2, 0) is 0 Å². The predicted molar refractivity (Wildman–Crippen MR) is 74.7 cm³/mol. The molecule has 0 aliphatic carbocycles. The lowest BCUT2D eigenvalue weighted by Gasteiger charge is -2.27. The number of nitrogens with zero attached hydrogens (tertiary/aromatic N) is 3. The molecule has 17 heavy (non-hydrogen) atoms. The minimum Gasteiger partial charge on any atom is -0.369 e. The molecule has 1 aliphatic rings. The summed E-state index contributed by atoms with van der Waals surface area (Å²) in [7, 11) is 0. The lowest BCUT2D eigenvalue weighted by Crippen LogP contribution is -2.31. The van der Waals surface area contributed by atoms with Crippen LogP contribution in [0.1, 0.15) is 31.9 Å². The Morgan fingerprint density at radius 3 is 2.59 bits per heavy atom. The van der Waals surface area contributed by atoms with Gasteiger partial charge in [0.2, 0.25) is 5.95 Å². The minimum absolute atomic E-state index is 0.862. The number of halogens is 1. The van der Waals surface area contributed by atoms with Crippen molar-refractivity contribution in [1.82, 2.24) is 9.97 Å². The highest BCUT2D eigenvalue weighted by Gasteiger charge is 2.16. The summed E-state index contributed by atoms with van der Waals surface area (Å²) in [6.45, 7) is 7.11. The van der Waals surface area contributed by atoms with Crippen molar-refractivity contribution in [1.29, 1.82) is 0 Å². The van der Waals surface area contributed by atoms with Crippen LogP contribution in [0.4, 0.5) is 11.8 Å². The Hall–Kier alpha value is -0.840. The van der Waals surface area contributed by atoms with Gasteiger partial charge in [-0.1, -0.05) is 0 Å². The fraction of sp³-hybridized carbons (Fsp3) is 0.667. The second-order valence-electron chi connectivity index (χ2n) is 4.35. The number of anilines is 2. The quantitative estimate of drug-likeness (QED) is 0.931. The van der Waals surface area contributed by atoms with Gasteiger partial charge in [0.1, 0.15) is 5.82 Å². The summed E-state index contributed by atoms with van der Waals surface area (Å²) >= 11 is 3.53. The number of hydrogen-bond acceptors (Lipinski definition) is 4. The number of piperidine rings is 1. The highest BCUT2D eigenvalue weighted by molar-refractivity contribution is 9.10. The van der Waals surface area contributed by atoms with Gasteiger partial charge in [-0.05, 0) is 49.0 Å². The molecular formula is C12H19BrN4. The smallest absolute Gasteiger partial charge is 0.227 e. The van der Waals surface area contributed by atoms with Crippen molar-refractivity contribution in [3.05, 3.63) is 10.2 Å². The van der Waals surface area contributed by atoms with E-state index in [2.05, 4.69) is 43.0 Å². The predicted octanol–water partition coefficient (Wildman–Crippen LogP) is 2.97. The molecule has 0 radical (unpaired) electrons. The maximum atomic E-state index is 4.60. The average Bonchev–Trinajstić information content (AvgIpc) is 2.36. The Morgan fingerprint density at radius 2 is 1.94 bits per heavy atom. The van der Waals surface area contributed by atoms with Crippen LogP contribution in [0.3, 0.4) is 0 Å². The van der Waals surface area contributed by atoms with Gasteiger partial charge in [-0.25, -0.2) is 4.98 Å². The number of rotatable bonds is 3. The largest absolute Gasteiger partial charge is 0.369 e. The molecule has 5 heteroatoms. The molecule has 0 aromatic carbocycles. The van der Waals surface area contributed by atoms with E-state index in [0.29, 0.717) is 0 Å². The van der Waals surface area contributed by atoms with Crippen molar-refractivity contribution in [2.45, 2.75) is 33.1 Å². The number of aryl methyl sites for hydroxylation is 1. The van der Waals surface area contributed by atoms with Crippen LogP contribution < -0.4 is 10.2 Å². The molecule has 2 rings (SSSR count). The van der Waals surface area contributed by atoms with Gasteiger partial charge in [-0.2, -0.15) is 4.98 Å². The second kappa shape index (κ2) is 5.67. The molecule has 0 unspecified atom stereocenters. The monoisotopic (exact) mass is 298 g/mol. The maximum absolute atomic E-state index is 4.60. The Morgan fingerprint density at radius 1 is 1.24 bits per heavy atom. The third-order valence-corrected chi connectivity index (χ3v) is 3.94. The van der Waals surface area contributed by atoms with E-state index < -0.39 is 0 Å². The fourth-order valence-electron chi connectivity index (χ4n) is 2.06. The van der Waals surface area contributed by atoms with Crippen LogP contribution in [0.15, 0.2) is 4.47 Å². The highest BCUT2D eigenvalue weighted by atomic mass is 79.9. The zero-order valence-electron chi connectivity index (χ0n) is 10.5. The molecule has 0 bridgehead atoms. The van der Waals surface area contributed by atoms with Crippen LogP contribution in [0.25, 0.3) is 0 Å². The number of hydrogen-bond donors (Lipinski definition) is 1. The summed E-state index contributed by atoms with van der Waals surface area (Å²) in [6, 6.07) is 0. The van der Waals surface area contributed by atoms with Gasteiger partial charge in [-0.3, -0.25) is 0 Å². The first-order chi connectivity index (χ1) is 8.22. The minimum atomic E-state index is 0.862. The van der Waals surface area contributed by atoms with Crippen molar-refractivity contribution in [3.63, 3.8) is 0 Å². The zero-order valence-corrected chi connectivity index (χ0v) is 12.0. The molecule has 0 atom stereocenters. The summed E-state index contributed by atoms with van der Waals surface area (Å²) in [4.78, 5) is 11.5. The molecule has 0 amide bonds. The molecule has 94 valence electrons. The van der Waals surface area contributed by atoms with E-state index in [4.69, 9.17) is 0 Å². The third kappa shape index (κ3) is 2.89. The molecule has 1 aromatic rings. The molecule has 1 fully saturated rings. The van der Waals surface area contributed by atoms with Gasteiger partial charge in [0.25, 0.3) is 0 Å². The zero-order chi connectivity index (χ0) is 12.3. The molecule has 2 heterocycles. The van der Waals surface area contributed by atoms with Crippen molar-refractivity contribution >= 4 is 27.7 Å². The summed E-state index contributed by atoms with van der Waals surface area (Å²) in [6.07, 6.45) is 3.82. The second-order valence-corrected chi connectivity index (χ2v) is 5.14. The summed E-state index contributed by atoms with van der Waals surface area (Å²) in [5, 5.41) is 3.27. The first-order valence-corrected chi connectivity index (χ1v) is 7.04. The first kappa shape index (κ1) is 12.6. The molecule has 1 aliphatic heterocycles. The van der Waals surface area contributed by atoms with Gasteiger partial charge < -0.3 is 10.2 Å². The van der Waals surface area contributed by atoms with E-state index in [1.54, 1.807) is 0 Å². The van der Waals surface area contributed by atoms with Crippen LogP contribution in [0.5, 0.6) is 0 Å². The molecule has 1 N–H and O–H groups in total. The fourth-order valence-corrected chi connectivity index (χ4v) is 2.38. The average molecular weight is 299 g/mol. The van der Waals surface area contributed by atoms with Crippen LogP contribution in [0, 0.1) is 6.92 Å². The van der Waals surface area contributed by atoms with Crippen LogP contribution >= 0.6 is 15.9 Å². The van der Waals surface area contributed by atoms with Crippen molar-refractivity contribution in [3.8, 4) is 0 Å². The van der Waals surface area contributed by atoms with E-state index >= 15 is 0 Å². The Labute approximate surface area is 111 Å². The molecule has 1 aromatic heterocycles. The number of aromatic nitrogens is 2.